The third kappa shape index (κ3) is 2.42. The van der Waals surface area contributed by atoms with E-state index in [-0.39, 0.29) is 17.9 Å². The van der Waals surface area contributed by atoms with E-state index in [9.17, 15) is 9.59 Å². The Hall–Kier alpha value is -2.24. The molecule has 0 saturated carbocycles. The maximum absolute atomic E-state index is 12.7. The van der Waals surface area contributed by atoms with Crippen molar-refractivity contribution < 1.29 is 14.3 Å². The molecule has 4 rings (SSSR count). The first-order valence-electron chi connectivity index (χ1n) is 7.96. The minimum Gasteiger partial charge on any atom is -0.376 e. The van der Waals surface area contributed by atoms with Gasteiger partial charge in [-0.25, -0.2) is 0 Å². The van der Waals surface area contributed by atoms with Crippen LogP contribution in [-0.2, 0) is 4.74 Å². The Morgan fingerprint density at radius 1 is 1.09 bits per heavy atom. The van der Waals surface area contributed by atoms with Crippen LogP contribution in [0, 0.1) is 0 Å². The van der Waals surface area contributed by atoms with Crippen molar-refractivity contribution >= 4 is 22.6 Å². The van der Waals surface area contributed by atoms with Crippen LogP contribution in [0.1, 0.15) is 27.1 Å². The zero-order valence-corrected chi connectivity index (χ0v) is 12.7. The molecule has 5 heteroatoms. The summed E-state index contributed by atoms with van der Waals surface area (Å²) in [4.78, 5) is 26.8. The highest BCUT2D eigenvalue weighted by Gasteiger charge is 2.32. The van der Waals surface area contributed by atoms with Crippen molar-refractivity contribution in [2.75, 3.05) is 26.2 Å². The summed E-state index contributed by atoms with van der Waals surface area (Å²) in [5, 5.41) is 4.97. The number of hydrogen-bond acceptors (Lipinski definition) is 4. The van der Waals surface area contributed by atoms with Gasteiger partial charge in [0.2, 0.25) is 0 Å². The molecule has 5 nitrogen and oxygen atoms in total. The number of nitrogens with zero attached hydrogens (tertiary/aromatic N) is 1. The number of carbonyl (C=O) groups is 2. The van der Waals surface area contributed by atoms with Crippen LogP contribution in [0.4, 0.5) is 0 Å². The molecule has 2 aromatic carbocycles. The highest BCUT2D eigenvalue weighted by Crippen LogP contribution is 2.30. The van der Waals surface area contributed by atoms with Crippen molar-refractivity contribution in [1.29, 1.82) is 0 Å². The molecule has 2 aliphatic rings. The Morgan fingerprint density at radius 2 is 1.78 bits per heavy atom. The topological polar surface area (TPSA) is 58.6 Å². The molecule has 0 aromatic heterocycles. The molecule has 1 unspecified atom stereocenters. The maximum atomic E-state index is 12.7. The summed E-state index contributed by atoms with van der Waals surface area (Å²) in [6.45, 7) is 2.68. The van der Waals surface area contributed by atoms with Gasteiger partial charge >= 0.3 is 0 Å². The lowest BCUT2D eigenvalue weighted by Gasteiger charge is -2.30. The van der Waals surface area contributed by atoms with E-state index in [0.717, 1.165) is 23.9 Å². The van der Waals surface area contributed by atoms with Gasteiger partial charge in [0.1, 0.15) is 0 Å². The van der Waals surface area contributed by atoms with E-state index in [1.54, 1.807) is 12.1 Å². The predicted octanol–water partition coefficient (Wildman–Crippen LogP) is 1.81. The van der Waals surface area contributed by atoms with Crippen molar-refractivity contribution in [2.45, 2.75) is 12.5 Å². The van der Waals surface area contributed by atoms with Crippen LogP contribution < -0.4 is 5.32 Å². The number of morpholine rings is 1. The van der Waals surface area contributed by atoms with Gasteiger partial charge in [0, 0.05) is 36.1 Å². The molecule has 2 amide bonds. The van der Waals surface area contributed by atoms with Crippen LogP contribution in [0.15, 0.2) is 36.4 Å². The van der Waals surface area contributed by atoms with E-state index in [1.165, 1.54) is 4.90 Å². The molecule has 23 heavy (non-hydrogen) atoms. The number of ether oxygens (including phenoxy) is 1. The molecule has 2 aliphatic heterocycles. The largest absolute Gasteiger partial charge is 0.376 e. The van der Waals surface area contributed by atoms with Crippen molar-refractivity contribution in [3.05, 3.63) is 47.5 Å². The van der Waals surface area contributed by atoms with Gasteiger partial charge in [-0.3, -0.25) is 14.5 Å². The van der Waals surface area contributed by atoms with Crippen LogP contribution in [0.5, 0.6) is 0 Å². The second-order valence-electron chi connectivity index (χ2n) is 5.96. The summed E-state index contributed by atoms with van der Waals surface area (Å²) in [6.07, 6.45) is 0.708. The van der Waals surface area contributed by atoms with Crippen LogP contribution >= 0.6 is 0 Å². The van der Waals surface area contributed by atoms with Crippen molar-refractivity contribution in [3.63, 3.8) is 0 Å². The SMILES string of the molecule is O=C1c2cccc3cccc(c23)C(=O)N1CCC1CNCCO1. The van der Waals surface area contributed by atoms with Gasteiger partial charge in [0.25, 0.3) is 11.8 Å². The number of rotatable bonds is 3. The number of carbonyl (C=O) groups excluding carboxylic acids is 2. The van der Waals surface area contributed by atoms with Crippen molar-refractivity contribution in [1.82, 2.24) is 10.2 Å². The lowest BCUT2D eigenvalue weighted by Crippen LogP contribution is -2.44. The first-order chi connectivity index (χ1) is 11.3. The lowest BCUT2D eigenvalue weighted by atomic mass is 9.94. The Kier molecular flexibility index (Phi) is 3.59. The van der Waals surface area contributed by atoms with Crippen LogP contribution in [0.25, 0.3) is 10.8 Å². The van der Waals surface area contributed by atoms with Gasteiger partial charge < -0.3 is 10.1 Å². The molecule has 0 bridgehead atoms. The van der Waals surface area contributed by atoms with Crippen molar-refractivity contribution in [3.8, 4) is 0 Å². The molecule has 1 fully saturated rings. The molecular formula is C18H18N2O3. The van der Waals surface area contributed by atoms with E-state index < -0.39 is 0 Å². The fraction of sp³-hybridized carbons (Fsp3) is 0.333. The standard InChI is InChI=1S/C18H18N2O3/c21-17-14-5-1-3-12-4-2-6-15(16(12)14)18(22)20(17)9-7-13-11-19-8-10-23-13/h1-6,13,19H,7-11H2. The van der Waals surface area contributed by atoms with Crippen molar-refractivity contribution in [2.24, 2.45) is 0 Å². The molecule has 2 heterocycles. The molecule has 0 aliphatic carbocycles. The first-order valence-corrected chi connectivity index (χ1v) is 7.96. The summed E-state index contributed by atoms with van der Waals surface area (Å²) in [6, 6.07) is 11.2. The van der Waals surface area contributed by atoms with E-state index in [4.69, 9.17) is 4.74 Å². The fourth-order valence-electron chi connectivity index (χ4n) is 3.36. The van der Waals surface area contributed by atoms with Crippen LogP contribution in [-0.4, -0.2) is 49.1 Å². The molecule has 1 N–H and O–H groups in total. The summed E-state index contributed by atoms with van der Waals surface area (Å²) >= 11 is 0. The molecule has 0 radical (unpaired) electrons. The highest BCUT2D eigenvalue weighted by atomic mass is 16.5. The van der Waals surface area contributed by atoms with Gasteiger partial charge in [-0.05, 0) is 23.9 Å². The molecule has 118 valence electrons. The van der Waals surface area contributed by atoms with Gasteiger partial charge in [-0.1, -0.05) is 24.3 Å². The smallest absolute Gasteiger partial charge is 0.261 e. The minimum atomic E-state index is -0.205. The van der Waals surface area contributed by atoms with Gasteiger partial charge in [-0.2, -0.15) is 0 Å². The summed E-state index contributed by atoms with van der Waals surface area (Å²) in [5.41, 5.74) is 1.22. The van der Waals surface area contributed by atoms with Crippen LogP contribution in [0.2, 0.25) is 0 Å². The molecule has 1 atom stereocenters. The number of hydrogen-bond donors (Lipinski definition) is 1. The van der Waals surface area contributed by atoms with E-state index >= 15 is 0 Å². The summed E-state index contributed by atoms with van der Waals surface area (Å²) < 4.78 is 5.65. The highest BCUT2D eigenvalue weighted by molar-refractivity contribution is 6.25. The Balaban J connectivity index is 1.63. The lowest BCUT2D eigenvalue weighted by molar-refractivity contribution is 0.0173. The number of amides is 2. The monoisotopic (exact) mass is 310 g/mol. The molecule has 2 aromatic rings. The Bertz CT molecular complexity index is 730. The normalized spacial score (nSPS) is 21.0. The summed E-state index contributed by atoms with van der Waals surface area (Å²) in [7, 11) is 0. The van der Waals surface area contributed by atoms with E-state index in [0.29, 0.717) is 30.7 Å². The number of benzene rings is 2. The Labute approximate surface area is 134 Å². The van der Waals surface area contributed by atoms with Gasteiger partial charge in [0.05, 0.1) is 12.7 Å². The predicted molar refractivity (Wildman–Crippen MR) is 86.5 cm³/mol. The third-order valence-corrected chi connectivity index (χ3v) is 4.53. The second kappa shape index (κ2) is 5.76. The molecule has 0 spiro atoms. The molecular weight excluding hydrogens is 292 g/mol. The van der Waals surface area contributed by atoms with Gasteiger partial charge in [0.15, 0.2) is 0 Å². The number of imide groups is 1. The second-order valence-corrected chi connectivity index (χ2v) is 5.96. The first kappa shape index (κ1) is 14.4. The van der Waals surface area contributed by atoms with Gasteiger partial charge in [-0.15, -0.1) is 0 Å². The zero-order valence-electron chi connectivity index (χ0n) is 12.7. The minimum absolute atomic E-state index is 0.0531. The van der Waals surface area contributed by atoms with E-state index in [2.05, 4.69) is 5.32 Å². The van der Waals surface area contributed by atoms with E-state index in [1.807, 2.05) is 24.3 Å². The maximum Gasteiger partial charge on any atom is 0.261 e. The third-order valence-electron chi connectivity index (χ3n) is 4.53. The van der Waals surface area contributed by atoms with Crippen LogP contribution in [0.3, 0.4) is 0 Å². The average molecular weight is 310 g/mol. The molecule has 1 saturated heterocycles. The Morgan fingerprint density at radius 3 is 2.39 bits per heavy atom. The quantitative estimate of drug-likeness (QED) is 0.879. The summed E-state index contributed by atoms with van der Waals surface area (Å²) in [5.74, 6) is -0.411. The fourth-order valence-corrected chi connectivity index (χ4v) is 3.36. The zero-order chi connectivity index (χ0) is 15.8. The average Bonchev–Trinajstić information content (AvgIpc) is 2.60. The number of nitrogens with one attached hydrogen (secondary N) is 1.